The lowest BCUT2D eigenvalue weighted by Crippen LogP contribution is -2.24. The Morgan fingerprint density at radius 1 is 0.493 bits per heavy atom. The van der Waals surface area contributed by atoms with Gasteiger partial charge in [-0.1, -0.05) is 68.5 Å². The molecular weight excluding hydrogens is 893 g/mol. The summed E-state index contributed by atoms with van der Waals surface area (Å²) in [5, 5.41) is 0. The van der Waals surface area contributed by atoms with Gasteiger partial charge in [0.2, 0.25) is 0 Å². The summed E-state index contributed by atoms with van der Waals surface area (Å²) < 4.78 is 22.0. The predicted octanol–water partition coefficient (Wildman–Crippen LogP) is 12.5. The third-order valence-corrected chi connectivity index (χ3v) is 13.1. The molecule has 4 aromatic carbocycles. The van der Waals surface area contributed by atoms with Gasteiger partial charge in [0.15, 0.2) is 0 Å². The molecule has 12 nitrogen and oxygen atoms in total. The van der Waals surface area contributed by atoms with Crippen molar-refractivity contribution in [1.29, 1.82) is 0 Å². The van der Waals surface area contributed by atoms with Crippen LogP contribution in [0.1, 0.15) is 152 Å². The van der Waals surface area contributed by atoms with Crippen LogP contribution >= 0.6 is 0 Å². The first kappa shape index (κ1) is 54.9. The van der Waals surface area contributed by atoms with Crippen LogP contribution in [0.25, 0.3) is 12.2 Å². The maximum absolute atomic E-state index is 12.6. The summed E-state index contributed by atoms with van der Waals surface area (Å²) in [4.78, 5) is 49.2. The van der Waals surface area contributed by atoms with Crippen LogP contribution in [0, 0.1) is 11.8 Å². The summed E-state index contributed by atoms with van der Waals surface area (Å²) in [7, 11) is 0. The zero-order valence-corrected chi connectivity index (χ0v) is 41.3. The van der Waals surface area contributed by atoms with Gasteiger partial charge in [-0.05, 0) is 173 Å². The Morgan fingerprint density at radius 2 is 0.873 bits per heavy atom. The summed E-state index contributed by atoms with van der Waals surface area (Å²) >= 11 is 0. The molecule has 2 fully saturated rings. The van der Waals surface area contributed by atoms with Gasteiger partial charge in [-0.25, -0.2) is 19.2 Å². The number of unbranched alkanes of at least 4 members (excludes halogenated alkanes) is 5. The van der Waals surface area contributed by atoms with Gasteiger partial charge in [0.05, 0.1) is 11.1 Å². The molecule has 71 heavy (non-hydrogen) atoms. The maximum Gasteiger partial charge on any atom is 0.338 e. The van der Waals surface area contributed by atoms with Gasteiger partial charge < -0.3 is 41.9 Å². The molecule has 0 saturated heterocycles. The highest BCUT2D eigenvalue weighted by molar-refractivity contribution is 5.91. The van der Waals surface area contributed by atoms with Crippen LogP contribution < -0.4 is 22.9 Å². The zero-order chi connectivity index (χ0) is 50.8. The Bertz CT molecular complexity index is 2390. The first-order chi connectivity index (χ1) is 34.4. The number of carbonyl (C=O) groups is 4. The van der Waals surface area contributed by atoms with Crippen molar-refractivity contribution in [2.75, 3.05) is 22.9 Å². The second-order valence-electron chi connectivity index (χ2n) is 18.6. The van der Waals surface area contributed by atoms with Gasteiger partial charge in [0.1, 0.15) is 25.4 Å². The Labute approximate surface area is 420 Å². The van der Waals surface area contributed by atoms with Crippen molar-refractivity contribution >= 4 is 58.8 Å². The molecule has 6 rings (SSSR count). The van der Waals surface area contributed by atoms with E-state index in [4.69, 9.17) is 41.9 Å². The fourth-order valence-corrected chi connectivity index (χ4v) is 8.82. The van der Waals surface area contributed by atoms with E-state index in [9.17, 15) is 19.2 Å². The lowest BCUT2D eigenvalue weighted by molar-refractivity contribution is -0.139. The molecular formula is C59H74N4O8. The third kappa shape index (κ3) is 20.0. The van der Waals surface area contributed by atoms with E-state index >= 15 is 0 Å². The second kappa shape index (κ2) is 29.8. The number of anilines is 4. The minimum absolute atomic E-state index is 0.00198. The van der Waals surface area contributed by atoms with E-state index in [0.717, 1.165) is 87.2 Å². The molecule has 0 spiro atoms. The van der Waals surface area contributed by atoms with E-state index in [-0.39, 0.29) is 37.4 Å². The summed E-state index contributed by atoms with van der Waals surface area (Å²) in [6.45, 7) is 7.63. The van der Waals surface area contributed by atoms with E-state index in [1.165, 1.54) is 57.1 Å². The molecule has 378 valence electrons. The predicted molar refractivity (Wildman–Crippen MR) is 285 cm³/mol. The van der Waals surface area contributed by atoms with Crippen molar-refractivity contribution in [3.63, 3.8) is 0 Å². The Kier molecular flexibility index (Phi) is 23.1. The number of nitrogens with two attached hydrogens (primary N) is 4. The molecule has 0 heterocycles. The van der Waals surface area contributed by atoms with Gasteiger partial charge in [-0.2, -0.15) is 0 Å². The van der Waals surface area contributed by atoms with Crippen molar-refractivity contribution in [1.82, 2.24) is 0 Å². The molecule has 0 radical (unpaired) electrons. The SMILES string of the molecule is C=CCCCCC1CCC(OC(=O)c2ccc(/C=C/C(=O)OCc3cc(N)ccc3N)cc2)CC1.C=CCCCCCC1CCC(OC(=O)c2ccc(/C=C/C(=O)OCc3cc(N)ccc3N)cc2)CC1. The number of esters is 4. The lowest BCUT2D eigenvalue weighted by atomic mass is 9.84. The van der Waals surface area contributed by atoms with Crippen LogP contribution in [0.5, 0.6) is 0 Å². The Balaban J connectivity index is 0.000000264. The van der Waals surface area contributed by atoms with Gasteiger partial charge >= 0.3 is 23.9 Å². The molecule has 2 aliphatic rings. The van der Waals surface area contributed by atoms with E-state index in [0.29, 0.717) is 45.0 Å². The molecule has 8 N–H and O–H groups in total. The van der Waals surface area contributed by atoms with Crippen molar-refractivity contribution in [2.45, 2.75) is 135 Å². The minimum Gasteiger partial charge on any atom is -0.459 e. The molecule has 0 bridgehead atoms. The number of nitrogen functional groups attached to an aromatic ring is 4. The van der Waals surface area contributed by atoms with E-state index in [2.05, 4.69) is 13.2 Å². The van der Waals surface area contributed by atoms with Gasteiger partial charge in [0.25, 0.3) is 0 Å². The zero-order valence-electron chi connectivity index (χ0n) is 41.3. The van der Waals surface area contributed by atoms with Gasteiger partial charge in [0, 0.05) is 46.0 Å². The monoisotopic (exact) mass is 967 g/mol. The van der Waals surface area contributed by atoms with Crippen molar-refractivity contribution in [3.05, 3.63) is 156 Å². The molecule has 0 amide bonds. The third-order valence-electron chi connectivity index (χ3n) is 13.1. The molecule has 12 heteroatoms. The summed E-state index contributed by atoms with van der Waals surface area (Å²) in [5.74, 6) is -0.0775. The standard InChI is InChI=1S/C30H38N2O4.C29H36N2O4/c1-2-3-4-5-6-7-22-10-16-27(17-11-22)36-30(34)24-13-8-23(9-14-24)12-19-29(33)35-21-25-20-26(31)15-18-28(25)32;1-2-3-4-5-6-21-9-15-26(16-10-21)35-29(33)23-12-7-22(8-13-23)11-18-28(32)34-20-24-19-25(30)14-17-27(24)31/h2,8-9,12-15,18-20,22,27H,1,3-7,10-11,16-17,21,31-32H2;2,7-8,11-14,17-19,21,26H,1,3-6,9-10,15-16,20,30-31H2/b19-12+;18-11+. The van der Waals surface area contributed by atoms with Crippen LogP contribution in [0.3, 0.4) is 0 Å². The Morgan fingerprint density at radius 3 is 1.27 bits per heavy atom. The average Bonchev–Trinajstić information content (AvgIpc) is 3.38. The summed E-state index contributed by atoms with van der Waals surface area (Å²) in [6, 6.07) is 24.1. The van der Waals surface area contributed by atoms with Gasteiger partial charge in [-0.3, -0.25) is 0 Å². The van der Waals surface area contributed by atoms with Crippen LogP contribution in [0.15, 0.2) is 122 Å². The number of benzene rings is 4. The molecule has 0 aromatic heterocycles. The number of rotatable bonds is 23. The quantitative estimate of drug-likeness (QED) is 0.0137. The normalized spacial score (nSPS) is 17.6. The maximum atomic E-state index is 12.6. The number of hydrogen-bond acceptors (Lipinski definition) is 12. The first-order valence-corrected chi connectivity index (χ1v) is 25.2. The van der Waals surface area contributed by atoms with E-state index in [1.54, 1.807) is 97.1 Å². The van der Waals surface area contributed by atoms with E-state index < -0.39 is 11.9 Å². The van der Waals surface area contributed by atoms with Gasteiger partial charge in [-0.15, -0.1) is 13.2 Å². The van der Waals surface area contributed by atoms with Crippen molar-refractivity contribution < 1.29 is 38.1 Å². The highest BCUT2D eigenvalue weighted by Crippen LogP contribution is 2.32. The molecule has 4 aromatic rings. The number of carbonyl (C=O) groups excluding carboxylic acids is 4. The Hall–Kier alpha value is -7.08. The number of allylic oxidation sites excluding steroid dienone is 2. The topological polar surface area (TPSA) is 209 Å². The minimum atomic E-state index is -0.494. The molecule has 0 aliphatic heterocycles. The van der Waals surface area contributed by atoms with Crippen LogP contribution in [-0.4, -0.2) is 36.1 Å². The average molecular weight is 967 g/mol. The lowest BCUT2D eigenvalue weighted by Gasteiger charge is -2.28. The van der Waals surface area contributed by atoms with Crippen LogP contribution in [0.2, 0.25) is 0 Å². The molecule has 0 unspecified atom stereocenters. The van der Waals surface area contributed by atoms with Crippen molar-refractivity contribution in [3.8, 4) is 0 Å². The number of hydrogen-bond donors (Lipinski definition) is 4. The highest BCUT2D eigenvalue weighted by Gasteiger charge is 2.25. The summed E-state index contributed by atoms with van der Waals surface area (Å²) in [6.07, 6.45) is 29.1. The highest BCUT2D eigenvalue weighted by atomic mass is 16.6. The smallest absolute Gasteiger partial charge is 0.338 e. The van der Waals surface area contributed by atoms with Crippen LogP contribution in [-0.2, 0) is 41.8 Å². The summed E-state index contributed by atoms with van der Waals surface area (Å²) in [5.41, 5.74) is 29.3. The van der Waals surface area contributed by atoms with Crippen LogP contribution in [0.4, 0.5) is 22.7 Å². The van der Waals surface area contributed by atoms with E-state index in [1.807, 2.05) is 12.2 Å². The van der Waals surface area contributed by atoms with Crippen molar-refractivity contribution in [2.24, 2.45) is 11.8 Å². The molecule has 0 atom stereocenters. The number of ether oxygens (including phenoxy) is 4. The fourth-order valence-electron chi connectivity index (χ4n) is 8.82. The largest absolute Gasteiger partial charge is 0.459 e. The second-order valence-corrected chi connectivity index (χ2v) is 18.6. The molecule has 2 saturated carbocycles. The fraction of sp³-hybridized carbons (Fsp3) is 0.390. The molecule has 2 aliphatic carbocycles. The first-order valence-electron chi connectivity index (χ1n) is 25.2.